The summed E-state index contributed by atoms with van der Waals surface area (Å²) < 4.78 is 5.37. The van der Waals surface area contributed by atoms with Gasteiger partial charge in [0.05, 0.1) is 11.7 Å². The van der Waals surface area contributed by atoms with E-state index in [1.54, 1.807) is 24.3 Å². The van der Waals surface area contributed by atoms with Gasteiger partial charge in [0.15, 0.2) is 0 Å². The molecule has 0 fully saturated rings. The Kier molecular flexibility index (Phi) is 4.79. The predicted molar refractivity (Wildman–Crippen MR) is 63.0 cm³/mol. The van der Waals surface area contributed by atoms with Crippen molar-refractivity contribution in [1.82, 2.24) is 0 Å². The van der Waals surface area contributed by atoms with E-state index in [1.165, 1.54) is 0 Å². The van der Waals surface area contributed by atoms with Crippen molar-refractivity contribution in [3.05, 3.63) is 29.8 Å². The second-order valence-corrected chi connectivity index (χ2v) is 3.53. The molecule has 0 aromatic heterocycles. The molecule has 1 unspecified atom stereocenters. The van der Waals surface area contributed by atoms with Crippen LogP contribution in [0.15, 0.2) is 24.3 Å². The molecule has 1 rings (SSSR count). The molecule has 1 atom stereocenters. The van der Waals surface area contributed by atoms with E-state index < -0.39 is 5.97 Å². The maximum absolute atomic E-state index is 10.6. The van der Waals surface area contributed by atoms with E-state index in [2.05, 4.69) is 5.32 Å². The van der Waals surface area contributed by atoms with E-state index in [0.29, 0.717) is 18.7 Å². The second kappa shape index (κ2) is 6.12. The largest absolute Gasteiger partial charge is 0.478 e. The van der Waals surface area contributed by atoms with Crippen LogP contribution >= 0.6 is 0 Å². The first-order valence-corrected chi connectivity index (χ1v) is 5.32. The highest BCUT2D eigenvalue weighted by Gasteiger charge is 2.03. The minimum absolute atomic E-state index is 0.143. The van der Waals surface area contributed by atoms with Gasteiger partial charge in [0.25, 0.3) is 0 Å². The Labute approximate surface area is 95.2 Å². The molecule has 16 heavy (non-hydrogen) atoms. The minimum atomic E-state index is -0.908. The van der Waals surface area contributed by atoms with Gasteiger partial charge < -0.3 is 15.2 Å². The first-order valence-electron chi connectivity index (χ1n) is 5.32. The molecule has 1 aromatic rings. The summed E-state index contributed by atoms with van der Waals surface area (Å²) in [5.41, 5.74) is 1.19. The minimum Gasteiger partial charge on any atom is -0.478 e. The zero-order valence-corrected chi connectivity index (χ0v) is 9.56. The first-order chi connectivity index (χ1) is 7.63. The number of carbonyl (C=O) groups is 1. The Morgan fingerprint density at radius 3 is 2.56 bits per heavy atom. The third-order valence-corrected chi connectivity index (χ3v) is 2.18. The number of benzene rings is 1. The van der Waals surface area contributed by atoms with Gasteiger partial charge in [-0.15, -0.1) is 0 Å². The lowest BCUT2D eigenvalue weighted by molar-refractivity contribution is 0.0696. The molecule has 4 nitrogen and oxygen atoms in total. The number of anilines is 1. The predicted octanol–water partition coefficient (Wildman–Crippen LogP) is 2.22. The quantitative estimate of drug-likeness (QED) is 0.776. The van der Waals surface area contributed by atoms with E-state index >= 15 is 0 Å². The van der Waals surface area contributed by atoms with Crippen molar-refractivity contribution in [3.8, 4) is 0 Å². The number of carboxylic acids is 1. The van der Waals surface area contributed by atoms with Gasteiger partial charge in [-0.2, -0.15) is 0 Å². The topological polar surface area (TPSA) is 58.6 Å². The van der Waals surface area contributed by atoms with E-state index in [0.717, 1.165) is 5.69 Å². The first kappa shape index (κ1) is 12.5. The van der Waals surface area contributed by atoms with Gasteiger partial charge in [-0.1, -0.05) is 0 Å². The molecule has 0 aliphatic carbocycles. The highest BCUT2D eigenvalue weighted by molar-refractivity contribution is 5.87. The molecule has 0 saturated heterocycles. The number of hydrogen-bond donors (Lipinski definition) is 2. The number of ether oxygens (including phenoxy) is 1. The lowest BCUT2D eigenvalue weighted by Crippen LogP contribution is -2.19. The summed E-state index contributed by atoms with van der Waals surface area (Å²) in [4.78, 5) is 10.6. The van der Waals surface area contributed by atoms with Crippen LogP contribution in [-0.2, 0) is 4.74 Å². The highest BCUT2D eigenvalue weighted by atomic mass is 16.5. The number of nitrogens with one attached hydrogen (secondary N) is 1. The third kappa shape index (κ3) is 3.90. The Balaban J connectivity index is 2.46. The molecule has 0 aliphatic rings. The molecule has 0 bridgehead atoms. The van der Waals surface area contributed by atoms with Crippen LogP contribution in [0.3, 0.4) is 0 Å². The van der Waals surface area contributed by atoms with Gasteiger partial charge >= 0.3 is 5.97 Å². The molecule has 88 valence electrons. The van der Waals surface area contributed by atoms with Crippen LogP contribution in [0.25, 0.3) is 0 Å². The summed E-state index contributed by atoms with van der Waals surface area (Å²) >= 11 is 0. The molecule has 0 spiro atoms. The van der Waals surface area contributed by atoms with E-state index in [1.807, 2.05) is 13.8 Å². The summed E-state index contributed by atoms with van der Waals surface area (Å²) in [6.45, 7) is 5.35. The van der Waals surface area contributed by atoms with Crippen molar-refractivity contribution in [3.63, 3.8) is 0 Å². The van der Waals surface area contributed by atoms with Gasteiger partial charge in [0.1, 0.15) is 0 Å². The Bertz CT molecular complexity index is 335. The van der Waals surface area contributed by atoms with Gasteiger partial charge in [-0.25, -0.2) is 4.79 Å². The Morgan fingerprint density at radius 2 is 2.06 bits per heavy atom. The van der Waals surface area contributed by atoms with Crippen LogP contribution in [-0.4, -0.2) is 30.3 Å². The van der Waals surface area contributed by atoms with E-state index in [9.17, 15) is 4.79 Å². The van der Waals surface area contributed by atoms with E-state index in [-0.39, 0.29) is 6.10 Å². The van der Waals surface area contributed by atoms with Crippen LogP contribution in [0.1, 0.15) is 24.2 Å². The highest BCUT2D eigenvalue weighted by Crippen LogP contribution is 2.09. The number of carboxylic acid groups (broad SMARTS) is 1. The fourth-order valence-corrected chi connectivity index (χ4v) is 1.34. The molecular weight excluding hydrogens is 206 g/mol. The van der Waals surface area contributed by atoms with Crippen molar-refractivity contribution < 1.29 is 14.6 Å². The molecule has 0 saturated carbocycles. The third-order valence-electron chi connectivity index (χ3n) is 2.18. The summed E-state index contributed by atoms with van der Waals surface area (Å²) in [5, 5.41) is 11.9. The van der Waals surface area contributed by atoms with Crippen molar-refractivity contribution in [1.29, 1.82) is 0 Å². The molecule has 0 heterocycles. The lowest BCUT2D eigenvalue weighted by Gasteiger charge is -2.13. The van der Waals surface area contributed by atoms with Crippen LogP contribution < -0.4 is 5.32 Å². The van der Waals surface area contributed by atoms with Gasteiger partial charge in [-0.05, 0) is 38.1 Å². The fraction of sp³-hybridized carbons (Fsp3) is 0.417. The molecule has 0 aliphatic heterocycles. The zero-order valence-electron chi connectivity index (χ0n) is 9.56. The average molecular weight is 223 g/mol. The molecule has 0 amide bonds. The van der Waals surface area contributed by atoms with E-state index in [4.69, 9.17) is 9.84 Å². The zero-order chi connectivity index (χ0) is 12.0. The molecular formula is C12H17NO3. The van der Waals surface area contributed by atoms with Crippen molar-refractivity contribution in [2.45, 2.75) is 20.0 Å². The monoisotopic (exact) mass is 223 g/mol. The molecule has 1 aromatic carbocycles. The van der Waals surface area contributed by atoms with Crippen LogP contribution in [0.4, 0.5) is 5.69 Å². The van der Waals surface area contributed by atoms with Crippen LogP contribution in [0.5, 0.6) is 0 Å². The summed E-state index contributed by atoms with van der Waals surface area (Å²) in [7, 11) is 0. The molecule has 2 N–H and O–H groups in total. The Morgan fingerprint density at radius 1 is 1.44 bits per heavy atom. The average Bonchev–Trinajstić information content (AvgIpc) is 2.27. The maximum atomic E-state index is 10.6. The molecule has 0 radical (unpaired) electrons. The number of aromatic carboxylic acids is 1. The fourth-order valence-electron chi connectivity index (χ4n) is 1.34. The van der Waals surface area contributed by atoms with Gasteiger partial charge in [-0.3, -0.25) is 0 Å². The van der Waals surface area contributed by atoms with Crippen molar-refractivity contribution in [2.24, 2.45) is 0 Å². The second-order valence-electron chi connectivity index (χ2n) is 3.53. The normalized spacial score (nSPS) is 12.1. The maximum Gasteiger partial charge on any atom is 0.335 e. The Hall–Kier alpha value is -1.55. The van der Waals surface area contributed by atoms with Crippen molar-refractivity contribution >= 4 is 11.7 Å². The SMILES string of the molecule is CCOC(C)CNc1ccc(C(=O)O)cc1. The summed E-state index contributed by atoms with van der Waals surface area (Å²) in [6, 6.07) is 6.66. The van der Waals surface area contributed by atoms with Gasteiger partial charge in [0.2, 0.25) is 0 Å². The van der Waals surface area contributed by atoms with Crippen LogP contribution in [0.2, 0.25) is 0 Å². The molecule has 4 heteroatoms. The summed E-state index contributed by atoms with van der Waals surface area (Å²) in [6.07, 6.45) is 0.143. The van der Waals surface area contributed by atoms with Crippen LogP contribution in [0, 0.1) is 0 Å². The lowest BCUT2D eigenvalue weighted by atomic mass is 10.2. The standard InChI is InChI=1S/C12H17NO3/c1-3-16-9(2)8-13-11-6-4-10(5-7-11)12(14)15/h4-7,9,13H,3,8H2,1-2H3,(H,14,15). The summed E-state index contributed by atoms with van der Waals surface area (Å²) in [5.74, 6) is -0.908. The number of rotatable bonds is 6. The number of hydrogen-bond acceptors (Lipinski definition) is 3. The van der Waals surface area contributed by atoms with Gasteiger partial charge in [0, 0.05) is 18.8 Å². The van der Waals surface area contributed by atoms with Crippen molar-refractivity contribution in [2.75, 3.05) is 18.5 Å². The smallest absolute Gasteiger partial charge is 0.335 e.